The largest absolute Gasteiger partial charge is 0.0985 e. The van der Waals surface area contributed by atoms with Crippen molar-refractivity contribution in [1.82, 2.24) is 0 Å². The lowest BCUT2D eigenvalue weighted by atomic mass is 9.74. The summed E-state index contributed by atoms with van der Waals surface area (Å²) in [6.07, 6.45) is 10.4. The van der Waals surface area contributed by atoms with Crippen LogP contribution in [0.5, 0.6) is 0 Å². The van der Waals surface area contributed by atoms with Gasteiger partial charge in [0.05, 0.1) is 0 Å². The summed E-state index contributed by atoms with van der Waals surface area (Å²) in [6, 6.07) is 0. The van der Waals surface area contributed by atoms with E-state index >= 15 is 0 Å². The summed E-state index contributed by atoms with van der Waals surface area (Å²) >= 11 is 0. The van der Waals surface area contributed by atoms with Gasteiger partial charge in [-0.05, 0) is 42.7 Å². The Hall–Kier alpha value is -0.780. The van der Waals surface area contributed by atoms with Gasteiger partial charge in [0.15, 0.2) is 0 Å². The van der Waals surface area contributed by atoms with Crippen molar-refractivity contribution in [2.24, 2.45) is 5.41 Å². The van der Waals surface area contributed by atoms with Gasteiger partial charge in [0.25, 0.3) is 0 Å². The van der Waals surface area contributed by atoms with Crippen LogP contribution in [0, 0.1) is 5.41 Å². The van der Waals surface area contributed by atoms with Crippen LogP contribution in [0.3, 0.4) is 0 Å². The van der Waals surface area contributed by atoms with Crippen LogP contribution in [0.25, 0.3) is 0 Å². The van der Waals surface area contributed by atoms with E-state index in [0.717, 1.165) is 0 Å². The minimum absolute atomic E-state index is 0.406. The first kappa shape index (κ1) is 10.3. The van der Waals surface area contributed by atoms with E-state index in [2.05, 4.69) is 39.5 Å². The molecule has 72 valence electrons. The van der Waals surface area contributed by atoms with Crippen molar-refractivity contribution < 1.29 is 0 Å². The SMILES string of the molecule is C=CC1=CC(CC)(CC)CC=C1C. The second kappa shape index (κ2) is 3.95. The van der Waals surface area contributed by atoms with Crippen LogP contribution in [-0.4, -0.2) is 0 Å². The summed E-state index contributed by atoms with van der Waals surface area (Å²) in [4.78, 5) is 0. The van der Waals surface area contributed by atoms with E-state index < -0.39 is 0 Å². The zero-order chi connectivity index (χ0) is 9.90. The van der Waals surface area contributed by atoms with Crippen LogP contribution in [0.2, 0.25) is 0 Å². The van der Waals surface area contributed by atoms with Gasteiger partial charge in [-0.25, -0.2) is 0 Å². The van der Waals surface area contributed by atoms with Crippen molar-refractivity contribution in [3.8, 4) is 0 Å². The molecular weight excluding hydrogens is 156 g/mol. The summed E-state index contributed by atoms with van der Waals surface area (Å²) in [6.45, 7) is 10.6. The molecular formula is C13H20. The van der Waals surface area contributed by atoms with Gasteiger partial charge in [0.1, 0.15) is 0 Å². The van der Waals surface area contributed by atoms with Crippen molar-refractivity contribution in [2.75, 3.05) is 0 Å². The van der Waals surface area contributed by atoms with Crippen molar-refractivity contribution in [1.29, 1.82) is 0 Å². The fourth-order valence-corrected chi connectivity index (χ4v) is 1.94. The van der Waals surface area contributed by atoms with E-state index in [4.69, 9.17) is 0 Å². The molecule has 0 radical (unpaired) electrons. The Bertz CT molecular complexity index is 249. The van der Waals surface area contributed by atoms with Crippen LogP contribution in [0.15, 0.2) is 36.0 Å². The lowest BCUT2D eigenvalue weighted by Gasteiger charge is -2.31. The van der Waals surface area contributed by atoms with Gasteiger partial charge < -0.3 is 0 Å². The second-order valence-electron chi connectivity index (χ2n) is 3.96. The molecule has 0 amide bonds. The Labute approximate surface area is 82.0 Å². The fourth-order valence-electron chi connectivity index (χ4n) is 1.94. The van der Waals surface area contributed by atoms with Crippen LogP contribution >= 0.6 is 0 Å². The molecule has 0 bridgehead atoms. The molecule has 0 spiro atoms. The average molecular weight is 176 g/mol. The van der Waals surface area contributed by atoms with E-state index in [9.17, 15) is 0 Å². The van der Waals surface area contributed by atoms with Crippen LogP contribution in [0.4, 0.5) is 0 Å². The lowest BCUT2D eigenvalue weighted by molar-refractivity contribution is 0.351. The van der Waals surface area contributed by atoms with E-state index in [1.54, 1.807) is 0 Å². The highest BCUT2D eigenvalue weighted by molar-refractivity contribution is 5.41. The molecule has 0 heterocycles. The smallest absolute Gasteiger partial charge is 0.00797 e. The highest BCUT2D eigenvalue weighted by Gasteiger charge is 2.25. The zero-order valence-electron chi connectivity index (χ0n) is 9.06. The molecule has 1 rings (SSSR count). The van der Waals surface area contributed by atoms with Gasteiger partial charge in [0, 0.05) is 0 Å². The fraction of sp³-hybridized carbons (Fsp3) is 0.538. The summed E-state index contributed by atoms with van der Waals surface area (Å²) in [5.74, 6) is 0. The molecule has 1 aliphatic rings. The number of allylic oxidation sites excluding steroid dienone is 5. The Balaban J connectivity index is 2.98. The van der Waals surface area contributed by atoms with Gasteiger partial charge in [-0.15, -0.1) is 0 Å². The Morgan fingerprint density at radius 2 is 2.08 bits per heavy atom. The summed E-state index contributed by atoms with van der Waals surface area (Å²) < 4.78 is 0. The Kier molecular flexibility index (Phi) is 3.13. The molecule has 0 aromatic carbocycles. The summed E-state index contributed by atoms with van der Waals surface area (Å²) in [5.41, 5.74) is 3.12. The van der Waals surface area contributed by atoms with E-state index in [1.165, 1.54) is 30.4 Å². The van der Waals surface area contributed by atoms with Gasteiger partial charge in [-0.1, -0.05) is 38.7 Å². The Morgan fingerprint density at radius 3 is 2.54 bits per heavy atom. The highest BCUT2D eigenvalue weighted by Crippen LogP contribution is 2.39. The van der Waals surface area contributed by atoms with Crippen LogP contribution < -0.4 is 0 Å². The number of rotatable bonds is 3. The maximum Gasteiger partial charge on any atom is -0.00797 e. The average Bonchev–Trinajstić information content (AvgIpc) is 2.19. The zero-order valence-corrected chi connectivity index (χ0v) is 9.06. The van der Waals surface area contributed by atoms with Crippen molar-refractivity contribution in [3.63, 3.8) is 0 Å². The normalized spacial score (nSPS) is 20.5. The van der Waals surface area contributed by atoms with Gasteiger partial charge in [-0.3, -0.25) is 0 Å². The van der Waals surface area contributed by atoms with Crippen molar-refractivity contribution in [2.45, 2.75) is 40.0 Å². The maximum absolute atomic E-state index is 3.86. The van der Waals surface area contributed by atoms with E-state index in [-0.39, 0.29) is 0 Å². The first-order valence-corrected chi connectivity index (χ1v) is 5.20. The molecule has 0 aromatic rings. The maximum atomic E-state index is 3.86. The molecule has 1 aliphatic carbocycles. The second-order valence-corrected chi connectivity index (χ2v) is 3.96. The molecule has 0 saturated carbocycles. The first-order valence-electron chi connectivity index (χ1n) is 5.20. The predicted molar refractivity (Wildman–Crippen MR) is 59.7 cm³/mol. The number of hydrogen-bond donors (Lipinski definition) is 0. The molecule has 0 aliphatic heterocycles. The summed E-state index contributed by atoms with van der Waals surface area (Å²) in [5, 5.41) is 0. The van der Waals surface area contributed by atoms with Gasteiger partial charge in [-0.2, -0.15) is 0 Å². The topological polar surface area (TPSA) is 0 Å². The monoisotopic (exact) mass is 176 g/mol. The lowest BCUT2D eigenvalue weighted by Crippen LogP contribution is -2.18. The summed E-state index contributed by atoms with van der Waals surface area (Å²) in [7, 11) is 0. The van der Waals surface area contributed by atoms with E-state index in [1.807, 2.05) is 6.08 Å². The molecule has 0 heteroatoms. The molecule has 0 saturated heterocycles. The van der Waals surface area contributed by atoms with Crippen LogP contribution in [-0.2, 0) is 0 Å². The van der Waals surface area contributed by atoms with E-state index in [0.29, 0.717) is 5.41 Å². The molecule has 0 unspecified atom stereocenters. The molecule has 0 fully saturated rings. The molecule has 0 N–H and O–H groups in total. The minimum atomic E-state index is 0.406. The third-order valence-corrected chi connectivity index (χ3v) is 3.36. The highest BCUT2D eigenvalue weighted by atomic mass is 14.3. The molecule has 0 nitrogen and oxygen atoms in total. The third kappa shape index (κ3) is 1.93. The quantitative estimate of drug-likeness (QED) is 0.603. The van der Waals surface area contributed by atoms with Gasteiger partial charge in [0.2, 0.25) is 0 Å². The standard InChI is InChI=1S/C13H20/c1-5-12-10-13(6-2,7-3)9-8-11(12)4/h5,8,10H,1,6-7,9H2,2-4H3. The van der Waals surface area contributed by atoms with Crippen molar-refractivity contribution >= 4 is 0 Å². The first-order chi connectivity index (χ1) is 6.17. The third-order valence-electron chi connectivity index (χ3n) is 3.36. The minimum Gasteiger partial charge on any atom is -0.0985 e. The Morgan fingerprint density at radius 1 is 1.46 bits per heavy atom. The van der Waals surface area contributed by atoms with Crippen LogP contribution in [0.1, 0.15) is 40.0 Å². The van der Waals surface area contributed by atoms with Gasteiger partial charge >= 0.3 is 0 Å². The number of hydrogen-bond acceptors (Lipinski definition) is 0. The molecule has 0 atom stereocenters. The molecule has 13 heavy (non-hydrogen) atoms. The van der Waals surface area contributed by atoms with Crippen molar-refractivity contribution in [3.05, 3.63) is 36.0 Å². The predicted octanol–water partition coefficient (Wildman–Crippen LogP) is 4.26. The molecule has 0 aromatic heterocycles.